The molecule has 1 atom stereocenters. The smallest absolute Gasteiger partial charge is 0.0759 e. The van der Waals surface area contributed by atoms with Crippen molar-refractivity contribution in [3.8, 4) is 0 Å². The van der Waals surface area contributed by atoms with Crippen molar-refractivity contribution in [2.24, 2.45) is 7.05 Å². The van der Waals surface area contributed by atoms with Crippen LogP contribution in [-0.4, -0.2) is 15.0 Å². The summed E-state index contributed by atoms with van der Waals surface area (Å²) in [5, 5.41) is 7.38. The molecule has 0 spiro atoms. The molecule has 1 aromatic heterocycles. The average molecular weight is 146 g/mol. The molecule has 0 aliphatic carbocycles. The van der Waals surface area contributed by atoms with E-state index in [2.05, 4.69) is 10.3 Å². The SMILES string of the molecule is CC(Cl)c1cnnn1C. The average Bonchev–Trinajstić information content (AvgIpc) is 2.13. The van der Waals surface area contributed by atoms with E-state index in [1.165, 1.54) is 0 Å². The van der Waals surface area contributed by atoms with Crippen LogP contribution in [-0.2, 0) is 7.05 Å². The molecule has 1 unspecified atom stereocenters. The maximum atomic E-state index is 5.75. The molecule has 0 saturated heterocycles. The molecular weight excluding hydrogens is 138 g/mol. The second kappa shape index (κ2) is 2.35. The van der Waals surface area contributed by atoms with Crippen LogP contribution in [0.5, 0.6) is 0 Å². The summed E-state index contributed by atoms with van der Waals surface area (Å²) in [6.07, 6.45) is 1.66. The highest BCUT2D eigenvalue weighted by molar-refractivity contribution is 6.20. The van der Waals surface area contributed by atoms with Gasteiger partial charge in [-0.2, -0.15) is 0 Å². The van der Waals surface area contributed by atoms with E-state index in [-0.39, 0.29) is 5.38 Å². The van der Waals surface area contributed by atoms with Crippen molar-refractivity contribution in [2.45, 2.75) is 12.3 Å². The fourth-order valence-corrected chi connectivity index (χ4v) is 0.855. The first kappa shape index (κ1) is 6.55. The van der Waals surface area contributed by atoms with Crippen molar-refractivity contribution in [3.63, 3.8) is 0 Å². The second-order valence-corrected chi connectivity index (χ2v) is 2.55. The molecule has 4 heteroatoms. The molecule has 0 bridgehead atoms. The minimum Gasteiger partial charge on any atom is -0.251 e. The van der Waals surface area contributed by atoms with E-state index in [0.29, 0.717) is 0 Å². The maximum absolute atomic E-state index is 5.75. The monoisotopic (exact) mass is 145 g/mol. The Bertz CT molecular complexity index is 194. The Morgan fingerprint density at radius 2 is 2.44 bits per heavy atom. The zero-order valence-electron chi connectivity index (χ0n) is 5.37. The van der Waals surface area contributed by atoms with Gasteiger partial charge in [0.05, 0.1) is 17.3 Å². The normalized spacial score (nSPS) is 13.7. The van der Waals surface area contributed by atoms with Crippen LogP contribution >= 0.6 is 11.6 Å². The van der Waals surface area contributed by atoms with Gasteiger partial charge in [0.15, 0.2) is 0 Å². The number of alkyl halides is 1. The molecule has 1 aromatic rings. The predicted molar refractivity (Wildman–Crippen MR) is 35.3 cm³/mol. The molecule has 0 aliphatic rings. The van der Waals surface area contributed by atoms with Crippen molar-refractivity contribution < 1.29 is 0 Å². The molecule has 50 valence electrons. The summed E-state index contributed by atoms with van der Waals surface area (Å²) in [4.78, 5) is 0. The largest absolute Gasteiger partial charge is 0.251 e. The van der Waals surface area contributed by atoms with E-state index in [1.54, 1.807) is 10.9 Å². The first-order valence-electron chi connectivity index (χ1n) is 2.70. The molecule has 0 amide bonds. The lowest BCUT2D eigenvalue weighted by molar-refractivity contribution is 0.677. The highest BCUT2D eigenvalue weighted by Gasteiger charge is 2.04. The summed E-state index contributed by atoms with van der Waals surface area (Å²) in [6.45, 7) is 1.89. The van der Waals surface area contributed by atoms with Crippen LogP contribution in [0.25, 0.3) is 0 Å². The summed E-state index contributed by atoms with van der Waals surface area (Å²) in [5.74, 6) is 0. The standard InChI is InChI=1S/C5H8ClN3/c1-4(6)5-3-7-8-9(5)2/h3-4H,1-2H3. The van der Waals surface area contributed by atoms with Crippen LogP contribution < -0.4 is 0 Å². The van der Waals surface area contributed by atoms with E-state index in [0.717, 1.165) is 5.69 Å². The van der Waals surface area contributed by atoms with Crippen molar-refractivity contribution in [1.29, 1.82) is 0 Å². The molecule has 0 N–H and O–H groups in total. The highest BCUT2D eigenvalue weighted by atomic mass is 35.5. The zero-order valence-corrected chi connectivity index (χ0v) is 6.13. The van der Waals surface area contributed by atoms with Crippen LogP contribution in [0.15, 0.2) is 6.20 Å². The molecule has 0 saturated carbocycles. The number of nitrogens with zero attached hydrogens (tertiary/aromatic N) is 3. The molecule has 9 heavy (non-hydrogen) atoms. The van der Waals surface area contributed by atoms with Gasteiger partial charge < -0.3 is 0 Å². The van der Waals surface area contributed by atoms with E-state index < -0.39 is 0 Å². The van der Waals surface area contributed by atoms with Crippen LogP contribution in [0.4, 0.5) is 0 Å². The third-order valence-corrected chi connectivity index (χ3v) is 1.38. The number of halogens is 1. The number of rotatable bonds is 1. The van der Waals surface area contributed by atoms with Crippen LogP contribution in [0.3, 0.4) is 0 Å². The minimum absolute atomic E-state index is 0.00926. The highest BCUT2D eigenvalue weighted by Crippen LogP contribution is 2.15. The quantitative estimate of drug-likeness (QED) is 0.555. The van der Waals surface area contributed by atoms with E-state index in [9.17, 15) is 0 Å². The van der Waals surface area contributed by atoms with Crippen molar-refractivity contribution >= 4 is 11.6 Å². The van der Waals surface area contributed by atoms with Gasteiger partial charge in [0.25, 0.3) is 0 Å². The van der Waals surface area contributed by atoms with Gasteiger partial charge in [-0.1, -0.05) is 5.21 Å². The molecule has 0 radical (unpaired) electrons. The van der Waals surface area contributed by atoms with Crippen LogP contribution in [0.2, 0.25) is 0 Å². The van der Waals surface area contributed by atoms with E-state index >= 15 is 0 Å². The van der Waals surface area contributed by atoms with Gasteiger partial charge in [-0.05, 0) is 6.92 Å². The van der Waals surface area contributed by atoms with Crippen LogP contribution in [0.1, 0.15) is 18.0 Å². The Balaban J connectivity index is 2.94. The number of aromatic nitrogens is 3. The Morgan fingerprint density at radius 3 is 2.67 bits per heavy atom. The Morgan fingerprint density at radius 1 is 1.78 bits per heavy atom. The van der Waals surface area contributed by atoms with Crippen molar-refractivity contribution in [2.75, 3.05) is 0 Å². The van der Waals surface area contributed by atoms with Gasteiger partial charge in [-0.25, -0.2) is 0 Å². The number of hydrogen-bond donors (Lipinski definition) is 0. The fourth-order valence-electron chi connectivity index (χ4n) is 0.658. The fraction of sp³-hybridized carbons (Fsp3) is 0.600. The lowest BCUT2D eigenvalue weighted by Gasteiger charge is -1.98. The summed E-state index contributed by atoms with van der Waals surface area (Å²) in [7, 11) is 1.82. The maximum Gasteiger partial charge on any atom is 0.0759 e. The molecule has 0 aliphatic heterocycles. The summed E-state index contributed by atoms with van der Waals surface area (Å²) >= 11 is 5.75. The van der Waals surface area contributed by atoms with Gasteiger partial charge in [-0.15, -0.1) is 16.7 Å². The van der Waals surface area contributed by atoms with E-state index in [1.807, 2.05) is 14.0 Å². The molecule has 1 heterocycles. The molecular formula is C5H8ClN3. The third-order valence-electron chi connectivity index (χ3n) is 1.16. The molecule has 3 nitrogen and oxygen atoms in total. The van der Waals surface area contributed by atoms with Gasteiger partial charge in [-0.3, -0.25) is 4.68 Å². The first-order valence-corrected chi connectivity index (χ1v) is 3.14. The zero-order chi connectivity index (χ0) is 6.85. The van der Waals surface area contributed by atoms with Gasteiger partial charge in [0.2, 0.25) is 0 Å². The number of aryl methyl sites for hydroxylation is 1. The lowest BCUT2D eigenvalue weighted by Crippen LogP contribution is -1.97. The summed E-state index contributed by atoms with van der Waals surface area (Å²) in [6, 6.07) is 0. The minimum atomic E-state index is -0.00926. The van der Waals surface area contributed by atoms with Gasteiger partial charge in [0, 0.05) is 7.05 Å². The van der Waals surface area contributed by atoms with E-state index in [4.69, 9.17) is 11.6 Å². The Kier molecular flexibility index (Phi) is 1.71. The summed E-state index contributed by atoms with van der Waals surface area (Å²) in [5.41, 5.74) is 0.941. The summed E-state index contributed by atoms with van der Waals surface area (Å²) < 4.78 is 1.66. The van der Waals surface area contributed by atoms with Crippen molar-refractivity contribution in [1.82, 2.24) is 15.0 Å². The molecule has 0 fully saturated rings. The van der Waals surface area contributed by atoms with Crippen LogP contribution in [0, 0.1) is 0 Å². The Hall–Kier alpha value is -0.570. The third kappa shape index (κ3) is 1.21. The second-order valence-electron chi connectivity index (χ2n) is 1.90. The lowest BCUT2D eigenvalue weighted by atomic mass is 10.4. The Labute approximate surface area is 58.6 Å². The number of hydrogen-bond acceptors (Lipinski definition) is 2. The topological polar surface area (TPSA) is 30.7 Å². The van der Waals surface area contributed by atoms with Gasteiger partial charge >= 0.3 is 0 Å². The predicted octanol–water partition coefficient (Wildman–Crippen LogP) is 1.11. The molecule has 1 rings (SSSR count). The van der Waals surface area contributed by atoms with Gasteiger partial charge in [0.1, 0.15) is 0 Å². The molecule has 0 aromatic carbocycles. The van der Waals surface area contributed by atoms with Crippen molar-refractivity contribution in [3.05, 3.63) is 11.9 Å². The first-order chi connectivity index (χ1) is 4.22.